The van der Waals surface area contributed by atoms with Gasteiger partial charge in [-0.05, 0) is 11.5 Å². The highest BCUT2D eigenvalue weighted by Crippen LogP contribution is 2.27. The Morgan fingerprint density at radius 1 is 0.611 bits per heavy atom. The Hall–Kier alpha value is -2.48. The zero-order valence-corrected chi connectivity index (χ0v) is 9.67. The van der Waals surface area contributed by atoms with Crippen LogP contribution in [0, 0.1) is 0 Å². The van der Waals surface area contributed by atoms with Gasteiger partial charge in [-0.15, -0.1) is 0 Å². The Morgan fingerprint density at radius 2 is 1.50 bits per heavy atom. The number of fused-ring (bicyclic) bond motifs is 5. The lowest BCUT2D eigenvalue weighted by Gasteiger charge is -2.05. The molecule has 0 bridgehead atoms. The minimum atomic E-state index is 0.973. The zero-order chi connectivity index (χ0) is 11.9. The highest BCUT2D eigenvalue weighted by atomic mass is 14.7. The average molecular weight is 230 g/mol. The number of benzene rings is 2. The predicted molar refractivity (Wildman–Crippen MR) is 74.6 cm³/mol. The van der Waals surface area contributed by atoms with Crippen molar-refractivity contribution in [3.8, 4) is 0 Å². The molecule has 0 aliphatic carbocycles. The summed E-state index contributed by atoms with van der Waals surface area (Å²) < 4.78 is 0. The average Bonchev–Trinajstić information content (AvgIpc) is 2.46. The van der Waals surface area contributed by atoms with Gasteiger partial charge < -0.3 is 0 Å². The van der Waals surface area contributed by atoms with Crippen LogP contribution in [0.1, 0.15) is 0 Å². The third-order valence-corrected chi connectivity index (χ3v) is 3.33. The second kappa shape index (κ2) is 3.50. The monoisotopic (exact) mass is 230 g/mol. The molecule has 4 rings (SSSR count). The molecule has 0 saturated heterocycles. The highest BCUT2D eigenvalue weighted by Gasteiger charge is 2.05. The largest absolute Gasteiger partial charge is 0.254 e. The van der Waals surface area contributed by atoms with Crippen LogP contribution in [0.25, 0.3) is 32.6 Å². The Morgan fingerprint density at radius 3 is 2.50 bits per heavy atom. The number of hydrogen-bond acceptors (Lipinski definition) is 2. The molecule has 0 unspecified atom stereocenters. The fourth-order valence-electron chi connectivity index (χ4n) is 2.47. The minimum absolute atomic E-state index is 0.973. The van der Waals surface area contributed by atoms with Crippen LogP contribution < -0.4 is 0 Å². The van der Waals surface area contributed by atoms with Gasteiger partial charge in [-0.3, -0.25) is 9.97 Å². The van der Waals surface area contributed by atoms with Crippen molar-refractivity contribution in [1.29, 1.82) is 0 Å². The Bertz CT molecular complexity index is 806. The van der Waals surface area contributed by atoms with Crippen LogP contribution in [0.3, 0.4) is 0 Å². The molecule has 2 aromatic heterocycles. The number of hydrogen-bond donors (Lipinski definition) is 0. The van der Waals surface area contributed by atoms with Gasteiger partial charge in [0.1, 0.15) is 0 Å². The van der Waals surface area contributed by atoms with Crippen molar-refractivity contribution in [3.05, 3.63) is 60.9 Å². The summed E-state index contributed by atoms with van der Waals surface area (Å²) in [5.41, 5.74) is 1.95. The standard InChI is InChI=1S/C16H10N2/c1-2-6-13-12(4-1)10-18-16-14(13)8-7-11-5-3-9-17-15(11)16/h1-10H. The van der Waals surface area contributed by atoms with E-state index in [0.29, 0.717) is 0 Å². The summed E-state index contributed by atoms with van der Waals surface area (Å²) in [6, 6.07) is 16.6. The van der Waals surface area contributed by atoms with Crippen molar-refractivity contribution < 1.29 is 0 Å². The van der Waals surface area contributed by atoms with Gasteiger partial charge in [0.25, 0.3) is 0 Å². The first-order valence-corrected chi connectivity index (χ1v) is 5.95. The Labute approximate surface area is 104 Å². The topological polar surface area (TPSA) is 25.8 Å². The molecule has 0 amide bonds. The molecular weight excluding hydrogens is 220 g/mol. The highest BCUT2D eigenvalue weighted by molar-refractivity contribution is 6.13. The smallest absolute Gasteiger partial charge is 0.0971 e. The molecule has 0 atom stereocenters. The first-order chi connectivity index (χ1) is 8.93. The summed E-state index contributed by atoms with van der Waals surface area (Å²) in [5, 5.41) is 4.70. The maximum absolute atomic E-state index is 4.58. The van der Waals surface area contributed by atoms with E-state index in [1.807, 2.05) is 24.5 Å². The summed E-state index contributed by atoms with van der Waals surface area (Å²) in [4.78, 5) is 9.03. The van der Waals surface area contributed by atoms with Crippen LogP contribution in [0.15, 0.2) is 60.9 Å². The lowest BCUT2D eigenvalue weighted by Crippen LogP contribution is -1.86. The number of nitrogens with zero attached hydrogens (tertiary/aromatic N) is 2. The number of aromatic nitrogens is 2. The van der Waals surface area contributed by atoms with Crippen LogP contribution in [0.4, 0.5) is 0 Å². The van der Waals surface area contributed by atoms with Crippen molar-refractivity contribution in [2.45, 2.75) is 0 Å². The molecule has 0 aliphatic heterocycles. The van der Waals surface area contributed by atoms with Crippen molar-refractivity contribution in [1.82, 2.24) is 9.97 Å². The van der Waals surface area contributed by atoms with Crippen LogP contribution in [0.5, 0.6) is 0 Å². The fraction of sp³-hybridized carbons (Fsp3) is 0. The molecule has 4 aromatic rings. The van der Waals surface area contributed by atoms with Crippen molar-refractivity contribution in [2.24, 2.45) is 0 Å². The quantitative estimate of drug-likeness (QED) is 0.428. The van der Waals surface area contributed by atoms with E-state index in [4.69, 9.17) is 0 Å². The molecule has 84 valence electrons. The maximum Gasteiger partial charge on any atom is 0.0971 e. The van der Waals surface area contributed by atoms with E-state index >= 15 is 0 Å². The van der Waals surface area contributed by atoms with Crippen molar-refractivity contribution >= 4 is 32.6 Å². The molecular formula is C16H10N2. The Balaban J connectivity index is 2.31. The molecule has 0 aliphatic rings. The van der Waals surface area contributed by atoms with Gasteiger partial charge in [0.15, 0.2) is 0 Å². The molecule has 0 fully saturated rings. The summed E-state index contributed by atoms with van der Waals surface area (Å²) in [7, 11) is 0. The summed E-state index contributed by atoms with van der Waals surface area (Å²) in [6.45, 7) is 0. The third-order valence-electron chi connectivity index (χ3n) is 3.33. The normalized spacial score (nSPS) is 11.3. The molecule has 0 radical (unpaired) electrons. The van der Waals surface area contributed by atoms with Crippen LogP contribution in [-0.4, -0.2) is 9.97 Å². The van der Waals surface area contributed by atoms with Crippen LogP contribution in [0.2, 0.25) is 0 Å². The van der Waals surface area contributed by atoms with Gasteiger partial charge in [0.2, 0.25) is 0 Å². The van der Waals surface area contributed by atoms with Gasteiger partial charge in [-0.25, -0.2) is 0 Å². The fourth-order valence-corrected chi connectivity index (χ4v) is 2.47. The van der Waals surface area contributed by atoms with E-state index in [2.05, 4.69) is 46.4 Å². The zero-order valence-electron chi connectivity index (χ0n) is 9.67. The molecule has 2 nitrogen and oxygen atoms in total. The van der Waals surface area contributed by atoms with E-state index in [1.54, 1.807) is 0 Å². The van der Waals surface area contributed by atoms with Gasteiger partial charge in [-0.2, -0.15) is 0 Å². The first-order valence-electron chi connectivity index (χ1n) is 5.95. The molecule has 0 spiro atoms. The summed E-state index contributed by atoms with van der Waals surface area (Å²) in [5.74, 6) is 0. The van der Waals surface area contributed by atoms with Gasteiger partial charge >= 0.3 is 0 Å². The second-order valence-electron chi connectivity index (χ2n) is 4.38. The number of rotatable bonds is 0. The van der Waals surface area contributed by atoms with Crippen LogP contribution >= 0.6 is 0 Å². The van der Waals surface area contributed by atoms with E-state index in [0.717, 1.165) is 16.4 Å². The molecule has 2 aromatic carbocycles. The Kier molecular flexibility index (Phi) is 1.86. The molecule has 18 heavy (non-hydrogen) atoms. The summed E-state index contributed by atoms with van der Waals surface area (Å²) in [6.07, 6.45) is 3.74. The lowest BCUT2D eigenvalue weighted by molar-refractivity contribution is 1.39. The van der Waals surface area contributed by atoms with Gasteiger partial charge in [-0.1, -0.05) is 42.5 Å². The van der Waals surface area contributed by atoms with Gasteiger partial charge in [0.05, 0.1) is 11.0 Å². The van der Waals surface area contributed by atoms with Crippen molar-refractivity contribution in [2.75, 3.05) is 0 Å². The third kappa shape index (κ3) is 1.23. The predicted octanol–water partition coefficient (Wildman–Crippen LogP) is 3.94. The molecule has 2 heterocycles. The summed E-state index contributed by atoms with van der Waals surface area (Å²) >= 11 is 0. The second-order valence-corrected chi connectivity index (χ2v) is 4.38. The molecule has 0 saturated carbocycles. The molecule has 0 N–H and O–H groups in total. The number of pyridine rings is 2. The maximum atomic E-state index is 4.58. The molecule has 2 heteroatoms. The minimum Gasteiger partial charge on any atom is -0.254 e. The lowest BCUT2D eigenvalue weighted by atomic mass is 10.0. The van der Waals surface area contributed by atoms with Gasteiger partial charge in [0, 0.05) is 28.6 Å². The van der Waals surface area contributed by atoms with E-state index in [-0.39, 0.29) is 0 Å². The van der Waals surface area contributed by atoms with E-state index < -0.39 is 0 Å². The van der Waals surface area contributed by atoms with E-state index in [1.165, 1.54) is 16.2 Å². The van der Waals surface area contributed by atoms with E-state index in [9.17, 15) is 0 Å². The van der Waals surface area contributed by atoms with Crippen LogP contribution in [-0.2, 0) is 0 Å². The van der Waals surface area contributed by atoms with Crippen molar-refractivity contribution in [3.63, 3.8) is 0 Å². The SMILES string of the molecule is c1ccc2c(c1)cnc1c2ccc2cccnc21. The first kappa shape index (κ1) is 9.54.